The molecule has 1 saturated carbocycles. The molecule has 5 rings (SSSR count). The average Bonchev–Trinajstić information content (AvgIpc) is 3.41. The molecule has 2 aliphatic rings. The molecule has 8 heteroatoms. The van der Waals surface area contributed by atoms with Gasteiger partial charge in [-0.1, -0.05) is 17.0 Å². The molecule has 1 atom stereocenters. The lowest BCUT2D eigenvalue weighted by Crippen LogP contribution is -2.64. The molecule has 1 saturated heterocycles. The number of imidazole rings is 1. The maximum absolute atomic E-state index is 11.5. The molecule has 1 aliphatic heterocycles. The fourth-order valence-electron chi connectivity index (χ4n) is 4.81. The van der Waals surface area contributed by atoms with Crippen LogP contribution in [0.2, 0.25) is 0 Å². The van der Waals surface area contributed by atoms with Crippen molar-refractivity contribution in [2.45, 2.75) is 32.4 Å². The van der Waals surface area contributed by atoms with Crippen molar-refractivity contribution in [2.75, 3.05) is 19.7 Å². The van der Waals surface area contributed by atoms with E-state index < -0.39 is 12.7 Å². The predicted octanol–water partition coefficient (Wildman–Crippen LogP) is 2.22. The van der Waals surface area contributed by atoms with Gasteiger partial charge in [0.15, 0.2) is 5.76 Å². The van der Waals surface area contributed by atoms with E-state index in [4.69, 9.17) is 9.63 Å². The van der Waals surface area contributed by atoms with Crippen LogP contribution in [0.3, 0.4) is 0 Å². The number of aromatic nitrogens is 3. The molecule has 3 heterocycles. The number of benzene rings is 1. The number of amides is 1. The molecule has 2 N–H and O–H groups in total. The average molecular weight is 447 g/mol. The number of hydrogen-bond acceptors (Lipinski definition) is 6. The first-order chi connectivity index (χ1) is 15.9. The highest BCUT2D eigenvalue weighted by Gasteiger charge is 2.52. The lowest BCUT2D eigenvalue weighted by atomic mass is 9.58. The van der Waals surface area contributed by atoms with Crippen LogP contribution >= 0.6 is 0 Å². The molecule has 8 nitrogen and oxygen atoms in total. The van der Waals surface area contributed by atoms with Crippen molar-refractivity contribution in [1.82, 2.24) is 19.6 Å². The fourth-order valence-corrected chi connectivity index (χ4v) is 4.81. The van der Waals surface area contributed by atoms with Gasteiger partial charge in [0.1, 0.15) is 24.2 Å². The van der Waals surface area contributed by atoms with E-state index in [0.29, 0.717) is 24.0 Å². The second kappa shape index (κ2) is 8.50. The lowest BCUT2D eigenvalue weighted by Gasteiger charge is -2.58. The third kappa shape index (κ3) is 4.30. The Labute approximate surface area is 191 Å². The van der Waals surface area contributed by atoms with Crippen molar-refractivity contribution in [3.8, 4) is 23.2 Å². The van der Waals surface area contributed by atoms with E-state index in [0.717, 1.165) is 42.8 Å². The van der Waals surface area contributed by atoms with Gasteiger partial charge in [-0.05, 0) is 44.0 Å². The van der Waals surface area contributed by atoms with Gasteiger partial charge in [-0.15, -0.1) is 0 Å². The largest absolute Gasteiger partial charge is 0.387 e. The van der Waals surface area contributed by atoms with Crippen LogP contribution < -0.4 is 0 Å². The van der Waals surface area contributed by atoms with Gasteiger partial charge in [-0.3, -0.25) is 4.79 Å². The summed E-state index contributed by atoms with van der Waals surface area (Å²) in [7, 11) is 0. The topological polar surface area (TPSA) is 105 Å². The molecule has 1 spiro atoms. The zero-order chi connectivity index (χ0) is 23.0. The first-order valence-corrected chi connectivity index (χ1v) is 11.1. The Morgan fingerprint density at radius 1 is 1.30 bits per heavy atom. The van der Waals surface area contributed by atoms with E-state index >= 15 is 0 Å². The van der Waals surface area contributed by atoms with Crippen molar-refractivity contribution in [3.05, 3.63) is 59.8 Å². The number of carbonyl (C=O) groups excluding carboxylic acids is 1. The first-order valence-electron chi connectivity index (χ1n) is 11.1. The molecule has 1 aromatic carbocycles. The number of likely N-dealkylation sites (tertiary alicyclic amines) is 1. The standard InChI is InChI=1S/C25H26N4O4/c1-17(31)24-26-8-9-28(24)13-21-10-22(33-27-21)20-6-4-18(5-7-20)2-3-19-11-25(12-19)15-29(16-25)23(32)14-30/h4-10,17,19,30-31H,11-16H2,1H3/t17-/m0/s1. The van der Waals surface area contributed by atoms with Crippen molar-refractivity contribution in [3.63, 3.8) is 0 Å². The Morgan fingerprint density at radius 2 is 2.06 bits per heavy atom. The summed E-state index contributed by atoms with van der Waals surface area (Å²) in [6, 6.07) is 9.79. The highest BCUT2D eigenvalue weighted by molar-refractivity contribution is 5.78. The quantitative estimate of drug-likeness (QED) is 0.583. The predicted molar refractivity (Wildman–Crippen MR) is 120 cm³/mol. The molecule has 170 valence electrons. The SMILES string of the molecule is C[C@H](O)c1nccn1Cc1cc(-c2ccc(C#CC3CC4(C3)CN(C(=O)CO)C4)cc2)on1. The Hall–Kier alpha value is -3.41. The Balaban J connectivity index is 1.16. The smallest absolute Gasteiger partial charge is 0.248 e. The van der Waals surface area contributed by atoms with Crippen LogP contribution in [0, 0.1) is 23.2 Å². The van der Waals surface area contributed by atoms with Crippen molar-refractivity contribution >= 4 is 5.91 Å². The van der Waals surface area contributed by atoms with Crippen molar-refractivity contribution in [1.29, 1.82) is 0 Å². The number of hydrogen-bond donors (Lipinski definition) is 2. The fraction of sp³-hybridized carbons (Fsp3) is 0.400. The van der Waals surface area contributed by atoms with Crippen LogP contribution in [0.25, 0.3) is 11.3 Å². The van der Waals surface area contributed by atoms with Gasteiger partial charge in [-0.2, -0.15) is 0 Å². The molecule has 0 radical (unpaired) electrons. The molecule has 1 aliphatic carbocycles. The van der Waals surface area contributed by atoms with E-state index in [1.165, 1.54) is 0 Å². The van der Waals surface area contributed by atoms with Gasteiger partial charge < -0.3 is 24.2 Å². The number of rotatable bonds is 5. The van der Waals surface area contributed by atoms with Gasteiger partial charge in [0.25, 0.3) is 0 Å². The molecular weight excluding hydrogens is 420 g/mol. The first kappa shape index (κ1) is 21.4. The molecule has 1 amide bonds. The number of nitrogens with zero attached hydrogens (tertiary/aromatic N) is 4. The number of aliphatic hydroxyl groups excluding tert-OH is 2. The summed E-state index contributed by atoms with van der Waals surface area (Å²) >= 11 is 0. The molecule has 3 aromatic rings. The Morgan fingerprint density at radius 3 is 2.76 bits per heavy atom. The zero-order valence-corrected chi connectivity index (χ0v) is 18.4. The summed E-state index contributed by atoms with van der Waals surface area (Å²) in [5.74, 6) is 8.06. The molecule has 2 aromatic heterocycles. The van der Waals surface area contributed by atoms with E-state index in [9.17, 15) is 9.90 Å². The number of aliphatic hydroxyl groups is 2. The second-order valence-corrected chi connectivity index (χ2v) is 9.13. The third-order valence-corrected chi connectivity index (χ3v) is 6.50. The third-order valence-electron chi connectivity index (χ3n) is 6.50. The maximum Gasteiger partial charge on any atom is 0.248 e. The van der Waals surface area contributed by atoms with Gasteiger partial charge in [0.05, 0.1) is 6.54 Å². The molecule has 2 fully saturated rings. The minimum Gasteiger partial charge on any atom is -0.387 e. The van der Waals surface area contributed by atoms with Crippen molar-refractivity contribution < 1.29 is 19.5 Å². The number of carbonyl (C=O) groups is 1. The second-order valence-electron chi connectivity index (χ2n) is 9.13. The normalized spacial score (nSPS) is 17.7. The summed E-state index contributed by atoms with van der Waals surface area (Å²) in [5, 5.41) is 22.9. The Bertz CT molecular complexity index is 1200. The zero-order valence-electron chi connectivity index (χ0n) is 18.4. The molecule has 0 unspecified atom stereocenters. The van der Waals surface area contributed by atoms with Gasteiger partial charge in [0.2, 0.25) is 5.91 Å². The van der Waals surface area contributed by atoms with Crippen LogP contribution in [0.5, 0.6) is 0 Å². The van der Waals surface area contributed by atoms with Crippen LogP contribution in [-0.4, -0.2) is 55.4 Å². The summed E-state index contributed by atoms with van der Waals surface area (Å²) in [6.45, 7) is 3.25. The minimum atomic E-state index is -0.649. The Kier molecular flexibility index (Phi) is 5.52. The van der Waals surface area contributed by atoms with Crippen LogP contribution in [0.15, 0.2) is 47.2 Å². The van der Waals surface area contributed by atoms with Crippen LogP contribution in [0.4, 0.5) is 0 Å². The molecular formula is C25H26N4O4. The molecule has 33 heavy (non-hydrogen) atoms. The lowest BCUT2D eigenvalue weighted by molar-refractivity contribution is -0.155. The van der Waals surface area contributed by atoms with E-state index in [1.54, 1.807) is 18.0 Å². The summed E-state index contributed by atoms with van der Waals surface area (Å²) < 4.78 is 7.36. The summed E-state index contributed by atoms with van der Waals surface area (Å²) in [6.07, 6.45) is 4.85. The highest BCUT2D eigenvalue weighted by Crippen LogP contribution is 2.51. The molecule has 0 bridgehead atoms. The maximum atomic E-state index is 11.5. The van der Waals surface area contributed by atoms with Crippen LogP contribution in [0.1, 0.15) is 43.0 Å². The summed E-state index contributed by atoms with van der Waals surface area (Å²) in [4.78, 5) is 17.4. The van der Waals surface area contributed by atoms with E-state index in [1.807, 2.05) is 41.1 Å². The van der Waals surface area contributed by atoms with Gasteiger partial charge in [-0.25, -0.2) is 4.98 Å². The monoisotopic (exact) mass is 446 g/mol. The van der Waals surface area contributed by atoms with E-state index in [-0.39, 0.29) is 11.3 Å². The summed E-state index contributed by atoms with van der Waals surface area (Å²) in [5.41, 5.74) is 2.85. The van der Waals surface area contributed by atoms with Crippen LogP contribution in [-0.2, 0) is 11.3 Å². The van der Waals surface area contributed by atoms with Gasteiger partial charge >= 0.3 is 0 Å². The van der Waals surface area contributed by atoms with Gasteiger partial charge in [0, 0.05) is 54.0 Å². The van der Waals surface area contributed by atoms with Crippen molar-refractivity contribution in [2.24, 2.45) is 11.3 Å². The minimum absolute atomic E-state index is 0.180. The van der Waals surface area contributed by atoms with E-state index in [2.05, 4.69) is 22.0 Å². The highest BCUT2D eigenvalue weighted by atomic mass is 16.5.